The molecule has 29 heavy (non-hydrogen) atoms. The number of carbonyl (C=O) groups is 1. The summed E-state index contributed by atoms with van der Waals surface area (Å²) in [5, 5.41) is 2.60. The molecule has 0 aliphatic heterocycles. The maximum absolute atomic E-state index is 15.0. The van der Waals surface area contributed by atoms with Gasteiger partial charge in [-0.15, -0.1) is 0 Å². The fourth-order valence-electron chi connectivity index (χ4n) is 3.12. The number of fused-ring (bicyclic) bond motifs is 1. The number of nitrogens with one attached hydrogen (secondary N) is 2. The molecule has 1 aromatic heterocycles. The Hall–Kier alpha value is -3.87. The van der Waals surface area contributed by atoms with Crippen LogP contribution in [0.25, 0.3) is 11.1 Å². The van der Waals surface area contributed by atoms with Crippen LogP contribution >= 0.6 is 0 Å². The van der Waals surface area contributed by atoms with Crippen molar-refractivity contribution in [2.24, 2.45) is 0 Å². The Labute approximate surface area is 165 Å². The van der Waals surface area contributed by atoms with Crippen molar-refractivity contribution in [1.29, 1.82) is 0 Å². The predicted octanol–water partition coefficient (Wildman–Crippen LogP) is 4.15. The minimum absolute atomic E-state index is 0.0924. The highest BCUT2D eigenvalue weighted by atomic mass is 19.1. The molecule has 0 aliphatic rings. The van der Waals surface area contributed by atoms with Gasteiger partial charge in [0.2, 0.25) is 0 Å². The lowest BCUT2D eigenvalue weighted by Gasteiger charge is -2.20. The minimum Gasteiger partial charge on any atom is -0.408 e. The topological polar surface area (TPSA) is 78.3 Å². The summed E-state index contributed by atoms with van der Waals surface area (Å²) in [6, 6.07) is 19.1. The van der Waals surface area contributed by atoms with Crippen molar-refractivity contribution in [3.8, 4) is 0 Å². The van der Waals surface area contributed by atoms with Crippen LogP contribution in [0, 0.1) is 5.82 Å². The fraction of sp³-hybridized carbons (Fsp3) is 0.0909. The van der Waals surface area contributed by atoms with E-state index in [9.17, 15) is 14.0 Å². The number of halogens is 1. The summed E-state index contributed by atoms with van der Waals surface area (Å²) >= 11 is 0. The smallest absolute Gasteiger partial charge is 0.408 e. The zero-order valence-corrected chi connectivity index (χ0v) is 15.6. The van der Waals surface area contributed by atoms with Crippen LogP contribution in [0.3, 0.4) is 0 Å². The van der Waals surface area contributed by atoms with E-state index in [0.29, 0.717) is 23.2 Å². The molecule has 4 aromatic rings. The molecule has 0 radical (unpaired) electrons. The zero-order chi connectivity index (χ0) is 20.4. The second-order valence-electron chi connectivity index (χ2n) is 6.65. The van der Waals surface area contributed by atoms with Crippen molar-refractivity contribution in [3.63, 3.8) is 0 Å². The summed E-state index contributed by atoms with van der Waals surface area (Å²) in [5.41, 5.74) is 2.55. The maximum Gasteiger partial charge on any atom is 0.417 e. The van der Waals surface area contributed by atoms with Gasteiger partial charge in [-0.1, -0.05) is 30.3 Å². The summed E-state index contributed by atoms with van der Waals surface area (Å²) in [5.74, 6) is -1.57. The summed E-state index contributed by atoms with van der Waals surface area (Å²) in [7, 11) is 1.88. The number of aromatic amines is 1. The predicted molar refractivity (Wildman–Crippen MR) is 110 cm³/mol. The maximum atomic E-state index is 15.0. The number of H-pyrrole nitrogens is 1. The molecule has 6 nitrogen and oxygen atoms in total. The average molecular weight is 391 g/mol. The Balaban J connectivity index is 1.54. The number of amides is 1. The van der Waals surface area contributed by atoms with Crippen molar-refractivity contribution in [2.75, 3.05) is 17.3 Å². The van der Waals surface area contributed by atoms with Gasteiger partial charge in [-0.05, 0) is 36.4 Å². The van der Waals surface area contributed by atoms with Gasteiger partial charge in [-0.2, -0.15) is 0 Å². The lowest BCUT2D eigenvalue weighted by molar-refractivity contribution is 0.102. The monoisotopic (exact) mass is 391 g/mol. The van der Waals surface area contributed by atoms with Gasteiger partial charge in [0.25, 0.3) is 5.91 Å². The molecular formula is C22H18FN3O3. The standard InChI is InChI=1S/C22H18FN3O3/c1-26(16-7-3-2-4-8-16)13-15-6-5-9-17(20(15)23)24-21(27)14-10-11-19-18(12-14)25-22(28)29-19/h2-12H,13H2,1H3,(H,24,27)(H,25,28). The van der Waals surface area contributed by atoms with E-state index < -0.39 is 17.5 Å². The molecule has 3 aromatic carbocycles. The third kappa shape index (κ3) is 3.89. The summed E-state index contributed by atoms with van der Waals surface area (Å²) in [4.78, 5) is 28.2. The Kier molecular flexibility index (Phi) is 4.87. The minimum atomic E-state index is -0.598. The first-order valence-electron chi connectivity index (χ1n) is 8.99. The summed E-state index contributed by atoms with van der Waals surface area (Å²) in [6.45, 7) is 0.349. The highest BCUT2D eigenvalue weighted by Gasteiger charge is 2.15. The number of carbonyl (C=O) groups excluding carboxylic acids is 1. The second kappa shape index (κ2) is 7.63. The molecule has 0 unspecified atom stereocenters. The molecule has 0 saturated heterocycles. The molecule has 4 rings (SSSR count). The van der Waals surface area contributed by atoms with Crippen LogP contribution in [0.2, 0.25) is 0 Å². The van der Waals surface area contributed by atoms with Crippen LogP contribution in [0.1, 0.15) is 15.9 Å². The Bertz CT molecular complexity index is 1230. The first kappa shape index (κ1) is 18.5. The molecule has 0 spiro atoms. The number of benzene rings is 3. The van der Waals surface area contributed by atoms with Gasteiger partial charge >= 0.3 is 5.76 Å². The molecular weight excluding hydrogens is 373 g/mol. The van der Waals surface area contributed by atoms with Gasteiger partial charge in [-0.3, -0.25) is 9.78 Å². The fourth-order valence-corrected chi connectivity index (χ4v) is 3.12. The second-order valence-corrected chi connectivity index (χ2v) is 6.65. The lowest BCUT2D eigenvalue weighted by atomic mass is 10.1. The van der Waals surface area contributed by atoms with E-state index >= 15 is 0 Å². The van der Waals surface area contributed by atoms with E-state index in [2.05, 4.69) is 10.3 Å². The molecule has 1 amide bonds. The van der Waals surface area contributed by atoms with E-state index in [1.165, 1.54) is 24.3 Å². The molecule has 0 aliphatic carbocycles. The van der Waals surface area contributed by atoms with Crippen molar-refractivity contribution >= 4 is 28.4 Å². The number of para-hydroxylation sites is 1. The normalized spacial score (nSPS) is 10.8. The molecule has 1 heterocycles. The lowest BCUT2D eigenvalue weighted by Crippen LogP contribution is -2.18. The van der Waals surface area contributed by atoms with Gasteiger partial charge in [0.1, 0.15) is 0 Å². The Morgan fingerprint density at radius 1 is 1.10 bits per heavy atom. The molecule has 146 valence electrons. The molecule has 0 atom stereocenters. The molecule has 7 heteroatoms. The van der Waals surface area contributed by atoms with E-state index in [0.717, 1.165) is 5.69 Å². The van der Waals surface area contributed by atoms with Crippen LogP contribution in [-0.4, -0.2) is 17.9 Å². The van der Waals surface area contributed by atoms with E-state index in [-0.39, 0.29) is 11.3 Å². The van der Waals surface area contributed by atoms with Crippen LogP contribution in [0.15, 0.2) is 75.9 Å². The first-order chi connectivity index (χ1) is 14.0. The van der Waals surface area contributed by atoms with Crippen LogP contribution in [0.5, 0.6) is 0 Å². The number of aromatic nitrogens is 1. The van der Waals surface area contributed by atoms with Crippen LogP contribution < -0.4 is 16.0 Å². The third-order valence-corrected chi connectivity index (χ3v) is 4.61. The van der Waals surface area contributed by atoms with E-state index in [1.54, 1.807) is 12.1 Å². The third-order valence-electron chi connectivity index (χ3n) is 4.61. The zero-order valence-electron chi connectivity index (χ0n) is 15.6. The van der Waals surface area contributed by atoms with Crippen molar-refractivity contribution < 1.29 is 13.6 Å². The molecule has 0 fully saturated rings. The van der Waals surface area contributed by atoms with Gasteiger partial charge in [0.15, 0.2) is 11.4 Å². The summed E-state index contributed by atoms with van der Waals surface area (Å²) in [6.07, 6.45) is 0. The van der Waals surface area contributed by atoms with E-state index in [4.69, 9.17) is 4.42 Å². The number of oxazole rings is 1. The highest BCUT2D eigenvalue weighted by Crippen LogP contribution is 2.23. The molecule has 0 bridgehead atoms. The van der Waals surface area contributed by atoms with Crippen molar-refractivity contribution in [2.45, 2.75) is 6.54 Å². The van der Waals surface area contributed by atoms with Crippen LogP contribution in [-0.2, 0) is 6.54 Å². The number of rotatable bonds is 5. The number of hydrogen-bond acceptors (Lipinski definition) is 4. The Morgan fingerprint density at radius 3 is 2.69 bits per heavy atom. The van der Waals surface area contributed by atoms with E-state index in [1.807, 2.05) is 42.3 Å². The first-order valence-corrected chi connectivity index (χ1v) is 8.99. The summed E-state index contributed by atoms with van der Waals surface area (Å²) < 4.78 is 19.9. The quantitative estimate of drug-likeness (QED) is 0.536. The number of nitrogens with zero attached hydrogens (tertiary/aromatic N) is 1. The van der Waals surface area contributed by atoms with Crippen LogP contribution in [0.4, 0.5) is 15.8 Å². The molecule has 2 N–H and O–H groups in total. The van der Waals surface area contributed by atoms with Crippen molar-refractivity contribution in [3.05, 3.63) is 94.2 Å². The molecule has 0 saturated carbocycles. The van der Waals surface area contributed by atoms with Gasteiger partial charge in [-0.25, -0.2) is 9.18 Å². The largest absolute Gasteiger partial charge is 0.417 e. The number of hydrogen-bond donors (Lipinski definition) is 2. The Morgan fingerprint density at radius 2 is 1.90 bits per heavy atom. The van der Waals surface area contributed by atoms with Gasteiger partial charge < -0.3 is 14.6 Å². The SMILES string of the molecule is CN(Cc1cccc(NC(=O)c2ccc3oc(=O)[nH]c3c2)c1F)c1ccccc1. The number of anilines is 2. The van der Waals surface area contributed by atoms with Gasteiger partial charge in [0, 0.05) is 30.4 Å². The highest BCUT2D eigenvalue weighted by molar-refractivity contribution is 6.05. The average Bonchev–Trinajstić information content (AvgIpc) is 3.10. The van der Waals surface area contributed by atoms with Gasteiger partial charge in [0.05, 0.1) is 11.2 Å². The van der Waals surface area contributed by atoms with Crippen molar-refractivity contribution in [1.82, 2.24) is 4.98 Å².